The third-order valence-electron chi connectivity index (χ3n) is 6.01. The van der Waals surface area contributed by atoms with Gasteiger partial charge in [-0.25, -0.2) is 0 Å². The number of rotatable bonds is 6. The van der Waals surface area contributed by atoms with Gasteiger partial charge < -0.3 is 5.32 Å². The summed E-state index contributed by atoms with van der Waals surface area (Å²) >= 11 is 5.26. The van der Waals surface area contributed by atoms with Crippen LogP contribution in [0.2, 0.25) is 0 Å². The van der Waals surface area contributed by atoms with Crippen LogP contribution in [0.15, 0.2) is 24.3 Å². The fourth-order valence-corrected chi connectivity index (χ4v) is 4.82. The first-order chi connectivity index (χ1) is 12.6. The molecule has 1 fully saturated rings. The van der Waals surface area contributed by atoms with E-state index in [0.717, 1.165) is 25.2 Å². The van der Waals surface area contributed by atoms with Crippen LogP contribution in [-0.2, 0) is 29.6 Å². The lowest BCUT2D eigenvalue weighted by Crippen LogP contribution is -2.32. The molecular formula is C20H26N4OS. The van der Waals surface area contributed by atoms with Crippen molar-refractivity contribution in [3.8, 4) is 0 Å². The van der Waals surface area contributed by atoms with Crippen molar-refractivity contribution in [2.75, 3.05) is 6.54 Å². The van der Waals surface area contributed by atoms with E-state index in [0.29, 0.717) is 16.1 Å². The third-order valence-corrected chi connectivity index (χ3v) is 6.32. The lowest BCUT2D eigenvalue weighted by atomic mass is 9.78. The molecule has 1 heterocycles. The van der Waals surface area contributed by atoms with E-state index in [1.807, 2.05) is 4.57 Å². The molecule has 138 valence electrons. The number of aryl methyl sites for hydroxylation is 2. The van der Waals surface area contributed by atoms with Gasteiger partial charge in [-0.1, -0.05) is 31.2 Å². The van der Waals surface area contributed by atoms with Crippen LogP contribution in [0.1, 0.15) is 49.6 Å². The van der Waals surface area contributed by atoms with E-state index in [1.165, 1.54) is 36.8 Å². The Balaban J connectivity index is 1.37. The van der Waals surface area contributed by atoms with Gasteiger partial charge in [0, 0.05) is 18.4 Å². The number of aromatic amines is 1. The Morgan fingerprint density at radius 2 is 2.31 bits per heavy atom. The molecule has 0 bridgehead atoms. The molecule has 2 N–H and O–H groups in total. The minimum Gasteiger partial charge on any atom is -0.354 e. The van der Waals surface area contributed by atoms with Gasteiger partial charge in [0.25, 0.3) is 0 Å². The molecule has 2 aromatic rings. The average molecular weight is 371 g/mol. The Hall–Kier alpha value is -1.95. The maximum Gasteiger partial charge on any atom is 0.240 e. The van der Waals surface area contributed by atoms with Gasteiger partial charge in [0.15, 0.2) is 4.77 Å². The van der Waals surface area contributed by atoms with Crippen LogP contribution in [-0.4, -0.2) is 27.2 Å². The number of nitrogens with zero attached hydrogens (tertiary/aromatic N) is 2. The highest BCUT2D eigenvalue weighted by Crippen LogP contribution is 2.59. The third kappa shape index (κ3) is 3.11. The molecule has 1 aromatic carbocycles. The first-order valence-electron chi connectivity index (χ1n) is 9.63. The van der Waals surface area contributed by atoms with Crippen LogP contribution in [0.25, 0.3) is 0 Å². The smallest absolute Gasteiger partial charge is 0.240 e. The molecule has 1 saturated carbocycles. The number of amides is 1. The van der Waals surface area contributed by atoms with Gasteiger partial charge in [0.2, 0.25) is 5.91 Å². The van der Waals surface area contributed by atoms with Gasteiger partial charge in [-0.3, -0.25) is 14.5 Å². The summed E-state index contributed by atoms with van der Waals surface area (Å²) in [5.41, 5.74) is 3.33. The van der Waals surface area contributed by atoms with E-state index in [1.54, 1.807) is 0 Å². The van der Waals surface area contributed by atoms with Crippen LogP contribution in [0.3, 0.4) is 0 Å². The van der Waals surface area contributed by atoms with Crippen LogP contribution in [0, 0.1) is 10.7 Å². The number of benzene rings is 1. The lowest BCUT2D eigenvalue weighted by molar-refractivity contribution is -0.121. The topological polar surface area (TPSA) is 62.7 Å². The van der Waals surface area contributed by atoms with Crippen molar-refractivity contribution in [3.63, 3.8) is 0 Å². The Labute approximate surface area is 159 Å². The fraction of sp³-hybridized carbons (Fsp3) is 0.550. The SMILES string of the molecule is CCCc1n[nH]c(=S)n1CC(=O)NC[C@@H]1C[C@]12CCCc1ccccc12. The zero-order valence-corrected chi connectivity index (χ0v) is 16.1. The highest BCUT2D eigenvalue weighted by molar-refractivity contribution is 7.71. The van der Waals surface area contributed by atoms with Crippen molar-refractivity contribution in [2.45, 2.75) is 57.4 Å². The zero-order chi connectivity index (χ0) is 18.1. The predicted molar refractivity (Wildman–Crippen MR) is 104 cm³/mol. The summed E-state index contributed by atoms with van der Waals surface area (Å²) in [4.78, 5) is 12.4. The van der Waals surface area contributed by atoms with Gasteiger partial charge in [-0.15, -0.1) is 0 Å². The minimum absolute atomic E-state index is 0.0194. The van der Waals surface area contributed by atoms with Crippen molar-refractivity contribution in [3.05, 3.63) is 46.0 Å². The average Bonchev–Trinajstić information content (AvgIpc) is 3.24. The highest BCUT2D eigenvalue weighted by Gasteiger charge is 2.56. The molecule has 0 aliphatic heterocycles. The van der Waals surface area contributed by atoms with E-state index in [4.69, 9.17) is 12.2 Å². The molecule has 1 spiro atoms. The van der Waals surface area contributed by atoms with E-state index in [-0.39, 0.29) is 12.5 Å². The molecule has 26 heavy (non-hydrogen) atoms. The van der Waals surface area contributed by atoms with E-state index in [2.05, 4.69) is 46.7 Å². The number of fused-ring (bicyclic) bond motifs is 2. The Morgan fingerprint density at radius 3 is 3.15 bits per heavy atom. The number of hydrogen-bond donors (Lipinski definition) is 2. The molecular weight excluding hydrogens is 344 g/mol. The molecule has 2 aliphatic carbocycles. The van der Waals surface area contributed by atoms with Crippen LogP contribution in [0.5, 0.6) is 0 Å². The Kier molecular flexibility index (Phi) is 4.69. The van der Waals surface area contributed by atoms with Crippen molar-refractivity contribution < 1.29 is 4.79 Å². The molecule has 0 saturated heterocycles. The van der Waals surface area contributed by atoms with Gasteiger partial charge in [-0.05, 0) is 61.4 Å². The Bertz CT molecular complexity index is 871. The molecule has 4 rings (SSSR count). The van der Waals surface area contributed by atoms with E-state index >= 15 is 0 Å². The summed E-state index contributed by atoms with van der Waals surface area (Å²) < 4.78 is 2.33. The van der Waals surface area contributed by atoms with Gasteiger partial charge in [-0.2, -0.15) is 5.10 Å². The number of nitrogens with one attached hydrogen (secondary N) is 2. The lowest BCUT2D eigenvalue weighted by Gasteiger charge is -2.26. The Morgan fingerprint density at radius 1 is 1.46 bits per heavy atom. The number of aromatic nitrogens is 3. The van der Waals surface area contributed by atoms with Crippen LogP contribution >= 0.6 is 12.2 Å². The molecule has 1 aromatic heterocycles. The van der Waals surface area contributed by atoms with Crippen LogP contribution in [0.4, 0.5) is 0 Å². The summed E-state index contributed by atoms with van der Waals surface area (Å²) in [6.07, 6.45) is 6.69. The molecule has 6 heteroatoms. The van der Waals surface area contributed by atoms with Gasteiger partial charge >= 0.3 is 0 Å². The van der Waals surface area contributed by atoms with E-state index in [9.17, 15) is 4.79 Å². The summed E-state index contributed by atoms with van der Waals surface area (Å²) in [5.74, 6) is 1.43. The predicted octanol–water partition coefficient (Wildman–Crippen LogP) is 3.30. The maximum absolute atomic E-state index is 12.4. The van der Waals surface area contributed by atoms with Crippen molar-refractivity contribution in [1.82, 2.24) is 20.1 Å². The first kappa shape index (κ1) is 17.5. The molecule has 2 aliphatic rings. The second kappa shape index (κ2) is 6.99. The monoisotopic (exact) mass is 370 g/mol. The quantitative estimate of drug-likeness (QED) is 0.767. The normalized spacial score (nSPS) is 23.7. The number of hydrogen-bond acceptors (Lipinski definition) is 3. The van der Waals surface area contributed by atoms with Crippen molar-refractivity contribution in [2.24, 2.45) is 5.92 Å². The minimum atomic E-state index is 0.0194. The summed E-state index contributed by atoms with van der Waals surface area (Å²) in [6.45, 7) is 3.10. The fourth-order valence-electron chi connectivity index (χ4n) is 4.60. The van der Waals surface area contributed by atoms with E-state index < -0.39 is 0 Å². The number of carbonyl (C=O) groups is 1. The second-order valence-electron chi connectivity index (χ2n) is 7.65. The largest absolute Gasteiger partial charge is 0.354 e. The van der Waals surface area contributed by atoms with Gasteiger partial charge in [0.1, 0.15) is 12.4 Å². The number of H-pyrrole nitrogens is 1. The highest BCUT2D eigenvalue weighted by atomic mass is 32.1. The van der Waals surface area contributed by atoms with Gasteiger partial charge in [0.05, 0.1) is 0 Å². The summed E-state index contributed by atoms with van der Waals surface area (Å²) in [6, 6.07) is 8.84. The maximum atomic E-state index is 12.4. The summed E-state index contributed by atoms with van der Waals surface area (Å²) in [7, 11) is 0. The molecule has 1 amide bonds. The summed E-state index contributed by atoms with van der Waals surface area (Å²) in [5, 5.41) is 10.2. The zero-order valence-electron chi connectivity index (χ0n) is 15.3. The molecule has 0 radical (unpaired) electrons. The first-order valence-corrected chi connectivity index (χ1v) is 10.0. The standard InChI is InChI=1S/C20H26N4OS/c1-2-6-17-22-23-19(26)24(17)13-18(25)21-12-15-11-20(15)10-5-8-14-7-3-4-9-16(14)20/h3-4,7,9,15H,2,5-6,8,10-13H2,1H3,(H,21,25)(H,23,26)/t15-,20+/m0/s1. The molecule has 5 nitrogen and oxygen atoms in total. The number of carbonyl (C=O) groups excluding carboxylic acids is 1. The van der Waals surface area contributed by atoms with Crippen LogP contribution < -0.4 is 5.32 Å². The molecule has 2 atom stereocenters. The van der Waals surface area contributed by atoms with Crippen molar-refractivity contribution >= 4 is 18.1 Å². The molecule has 0 unspecified atom stereocenters. The van der Waals surface area contributed by atoms with Crippen molar-refractivity contribution in [1.29, 1.82) is 0 Å². The second-order valence-corrected chi connectivity index (χ2v) is 8.04.